The number of nitrogens with zero attached hydrogens (tertiary/aromatic N) is 3. The molecule has 2 heterocycles. The fourth-order valence-corrected chi connectivity index (χ4v) is 3.76. The number of carbonyl (C=O) groups is 1. The molecule has 0 radical (unpaired) electrons. The molecule has 122 valence electrons. The van der Waals surface area contributed by atoms with Crippen LogP contribution in [-0.2, 0) is 5.41 Å². The molecule has 2 aromatic carbocycles. The third kappa shape index (κ3) is 2.25. The van der Waals surface area contributed by atoms with Crippen LogP contribution in [-0.4, -0.2) is 22.8 Å². The van der Waals surface area contributed by atoms with Gasteiger partial charge in [-0.25, -0.2) is 9.97 Å². The Labute approximate surface area is 146 Å². The number of aromatic nitrogens is 2. The second kappa shape index (κ2) is 5.24. The Morgan fingerprint density at radius 3 is 2.40 bits per heavy atom. The third-order valence-electron chi connectivity index (χ3n) is 5.32. The van der Waals surface area contributed by atoms with E-state index in [0.717, 1.165) is 29.6 Å². The highest BCUT2D eigenvalue weighted by Gasteiger charge is 2.52. The summed E-state index contributed by atoms with van der Waals surface area (Å²) in [6.45, 7) is 0.898. The molecule has 4 nitrogen and oxygen atoms in total. The van der Waals surface area contributed by atoms with Gasteiger partial charge in [0.25, 0.3) is 0 Å². The van der Waals surface area contributed by atoms with Gasteiger partial charge in [0.05, 0.1) is 0 Å². The van der Waals surface area contributed by atoms with Crippen LogP contribution in [0.1, 0.15) is 28.8 Å². The number of aldehydes is 1. The van der Waals surface area contributed by atoms with Crippen LogP contribution in [0.25, 0.3) is 11.1 Å². The van der Waals surface area contributed by atoms with Gasteiger partial charge >= 0.3 is 0 Å². The van der Waals surface area contributed by atoms with E-state index in [9.17, 15) is 4.79 Å². The summed E-state index contributed by atoms with van der Waals surface area (Å²) in [5.74, 6) is 0.702. The van der Waals surface area contributed by atoms with E-state index in [1.807, 2.05) is 42.7 Å². The van der Waals surface area contributed by atoms with Crippen LogP contribution in [0.15, 0.2) is 60.9 Å². The van der Waals surface area contributed by atoms with Gasteiger partial charge in [-0.15, -0.1) is 0 Å². The first-order chi connectivity index (χ1) is 12.3. The molecule has 0 saturated heterocycles. The molecule has 2 aliphatic rings. The lowest BCUT2D eigenvalue weighted by Crippen LogP contribution is -2.21. The van der Waals surface area contributed by atoms with E-state index in [1.54, 1.807) is 0 Å². The minimum atomic E-state index is 0.234. The van der Waals surface area contributed by atoms with Gasteiger partial charge in [0.15, 0.2) is 0 Å². The van der Waals surface area contributed by atoms with Crippen molar-refractivity contribution in [3.8, 4) is 11.1 Å². The predicted octanol–water partition coefficient (Wildman–Crippen LogP) is 4.14. The fourth-order valence-electron chi connectivity index (χ4n) is 3.76. The van der Waals surface area contributed by atoms with Gasteiger partial charge in [-0.1, -0.05) is 42.5 Å². The predicted molar refractivity (Wildman–Crippen MR) is 97.2 cm³/mol. The Kier molecular flexibility index (Phi) is 3.01. The zero-order valence-corrected chi connectivity index (χ0v) is 13.7. The molecule has 5 rings (SSSR count). The van der Waals surface area contributed by atoms with Crippen LogP contribution in [0.5, 0.6) is 0 Å². The molecule has 25 heavy (non-hydrogen) atoms. The highest BCUT2D eigenvalue weighted by molar-refractivity contribution is 5.81. The van der Waals surface area contributed by atoms with Gasteiger partial charge in [-0.3, -0.25) is 4.79 Å². The van der Waals surface area contributed by atoms with Crippen molar-refractivity contribution in [1.29, 1.82) is 0 Å². The minimum absolute atomic E-state index is 0.234. The van der Waals surface area contributed by atoms with E-state index >= 15 is 0 Å². The Hall–Kier alpha value is -3.01. The maximum Gasteiger partial charge on any atom is 0.229 e. The molecule has 0 atom stereocenters. The first-order valence-corrected chi connectivity index (χ1v) is 8.54. The minimum Gasteiger partial charge on any atom is -0.309 e. The van der Waals surface area contributed by atoms with Crippen molar-refractivity contribution in [2.45, 2.75) is 18.3 Å². The summed E-state index contributed by atoms with van der Waals surface area (Å²) in [7, 11) is 0. The Morgan fingerprint density at radius 1 is 0.960 bits per heavy atom. The van der Waals surface area contributed by atoms with Gasteiger partial charge in [0, 0.05) is 41.2 Å². The molecule has 1 aromatic heterocycles. The monoisotopic (exact) mass is 327 g/mol. The smallest absolute Gasteiger partial charge is 0.229 e. The van der Waals surface area contributed by atoms with E-state index in [-0.39, 0.29) is 5.41 Å². The number of hydrogen-bond acceptors (Lipinski definition) is 4. The molecule has 1 spiro atoms. The Bertz CT molecular complexity index is 947. The highest BCUT2D eigenvalue weighted by atomic mass is 16.1. The zero-order valence-electron chi connectivity index (χ0n) is 13.7. The second-order valence-corrected chi connectivity index (χ2v) is 6.90. The summed E-state index contributed by atoms with van der Waals surface area (Å²) in [6.07, 6.45) is 7.03. The van der Waals surface area contributed by atoms with E-state index in [0.29, 0.717) is 11.5 Å². The maximum atomic E-state index is 11.2. The molecule has 4 heteroatoms. The zero-order chi connectivity index (χ0) is 16.9. The molecular formula is C21H17N3O. The number of fused-ring (bicyclic) bond motifs is 2. The van der Waals surface area contributed by atoms with Gasteiger partial charge in [-0.2, -0.15) is 0 Å². The molecule has 0 amide bonds. The average molecular weight is 327 g/mol. The second-order valence-electron chi connectivity index (χ2n) is 6.90. The average Bonchev–Trinajstić information content (AvgIpc) is 3.39. The van der Waals surface area contributed by atoms with Crippen LogP contribution >= 0.6 is 0 Å². The number of carbonyl (C=O) groups excluding carboxylic acids is 1. The number of anilines is 2. The van der Waals surface area contributed by atoms with E-state index in [2.05, 4.69) is 33.1 Å². The molecule has 1 fully saturated rings. The topological polar surface area (TPSA) is 46.1 Å². The standard InChI is InChI=1S/C21H17N3O/c25-13-15-6-7-18-19(10-15)24(14-21(18)8-9-21)20-22-11-17(12-23-20)16-4-2-1-3-5-16/h1-7,10-13H,8-9,14H2. The van der Waals surface area contributed by atoms with Crippen molar-refractivity contribution in [1.82, 2.24) is 9.97 Å². The lowest BCUT2D eigenvalue weighted by Gasteiger charge is -2.18. The van der Waals surface area contributed by atoms with Crippen molar-refractivity contribution in [3.05, 3.63) is 72.1 Å². The summed E-state index contributed by atoms with van der Waals surface area (Å²) >= 11 is 0. The molecule has 0 N–H and O–H groups in total. The van der Waals surface area contributed by atoms with Gasteiger partial charge in [0.2, 0.25) is 5.95 Å². The van der Waals surface area contributed by atoms with E-state index < -0.39 is 0 Å². The van der Waals surface area contributed by atoms with Crippen LogP contribution in [0.2, 0.25) is 0 Å². The largest absolute Gasteiger partial charge is 0.309 e. The Morgan fingerprint density at radius 2 is 1.72 bits per heavy atom. The number of rotatable bonds is 3. The van der Waals surface area contributed by atoms with Crippen molar-refractivity contribution in [2.24, 2.45) is 0 Å². The molecule has 1 aliphatic heterocycles. The lowest BCUT2D eigenvalue weighted by molar-refractivity contribution is 0.112. The summed E-state index contributed by atoms with van der Waals surface area (Å²) in [5.41, 5.74) is 5.45. The fraction of sp³-hybridized carbons (Fsp3) is 0.190. The van der Waals surface area contributed by atoms with Crippen molar-refractivity contribution in [2.75, 3.05) is 11.4 Å². The van der Waals surface area contributed by atoms with Crippen molar-refractivity contribution in [3.63, 3.8) is 0 Å². The maximum absolute atomic E-state index is 11.2. The molecular weight excluding hydrogens is 310 g/mol. The summed E-state index contributed by atoms with van der Waals surface area (Å²) in [6, 6.07) is 16.1. The molecule has 3 aromatic rings. The van der Waals surface area contributed by atoms with Gasteiger partial charge < -0.3 is 4.90 Å². The number of benzene rings is 2. The van der Waals surface area contributed by atoms with Crippen molar-refractivity contribution < 1.29 is 4.79 Å². The van der Waals surface area contributed by atoms with Crippen LogP contribution in [0, 0.1) is 0 Å². The first kappa shape index (κ1) is 14.3. The van der Waals surface area contributed by atoms with Crippen molar-refractivity contribution >= 4 is 17.9 Å². The quantitative estimate of drug-likeness (QED) is 0.678. The van der Waals surface area contributed by atoms with E-state index in [1.165, 1.54) is 18.4 Å². The van der Waals surface area contributed by atoms with Crippen LogP contribution < -0.4 is 4.90 Å². The van der Waals surface area contributed by atoms with Crippen LogP contribution in [0.4, 0.5) is 11.6 Å². The highest BCUT2D eigenvalue weighted by Crippen LogP contribution is 2.57. The van der Waals surface area contributed by atoms with Gasteiger partial charge in [0.1, 0.15) is 6.29 Å². The lowest BCUT2D eigenvalue weighted by atomic mass is 9.98. The summed E-state index contributed by atoms with van der Waals surface area (Å²) in [5, 5.41) is 0. The normalized spacial score (nSPS) is 16.7. The molecule has 1 saturated carbocycles. The molecule has 1 aliphatic carbocycles. The SMILES string of the molecule is O=Cc1ccc2c(c1)N(c1ncc(-c3ccccc3)cn1)CC21CC1. The Balaban J connectivity index is 1.53. The third-order valence-corrected chi connectivity index (χ3v) is 5.32. The summed E-state index contributed by atoms with van der Waals surface area (Å²) < 4.78 is 0. The first-order valence-electron chi connectivity index (χ1n) is 8.54. The van der Waals surface area contributed by atoms with Crippen LogP contribution in [0.3, 0.4) is 0 Å². The van der Waals surface area contributed by atoms with Gasteiger partial charge in [-0.05, 0) is 30.0 Å². The number of hydrogen-bond donors (Lipinski definition) is 0. The van der Waals surface area contributed by atoms with E-state index in [4.69, 9.17) is 0 Å². The summed E-state index contributed by atoms with van der Waals surface area (Å²) in [4.78, 5) is 22.6. The molecule has 0 unspecified atom stereocenters. The molecule has 0 bridgehead atoms.